The number of benzene rings is 3. The maximum Gasteiger partial charge on any atom is 0.311 e. The second kappa shape index (κ2) is 6.48. The summed E-state index contributed by atoms with van der Waals surface area (Å²) in [4.78, 5) is 12.0. The number of carbonyl (C=O) groups is 1. The monoisotopic (exact) mass is 334 g/mol. The summed E-state index contributed by atoms with van der Waals surface area (Å²) in [7, 11) is 0. The summed E-state index contributed by atoms with van der Waals surface area (Å²) in [6.45, 7) is 1.06. The molecule has 1 unspecified atom stereocenters. The fourth-order valence-electron chi connectivity index (χ4n) is 3.34. The maximum absolute atomic E-state index is 12.0. The van der Waals surface area contributed by atoms with Crippen molar-refractivity contribution in [2.75, 3.05) is 13.2 Å². The van der Waals surface area contributed by atoms with E-state index in [2.05, 4.69) is 0 Å². The highest BCUT2D eigenvalue weighted by molar-refractivity contribution is 5.90. The van der Waals surface area contributed by atoms with Gasteiger partial charge in [-0.2, -0.15) is 0 Å². The number of carboxylic acids is 1. The van der Waals surface area contributed by atoms with Gasteiger partial charge in [-0.3, -0.25) is 4.79 Å². The molecule has 4 heteroatoms. The van der Waals surface area contributed by atoms with Crippen LogP contribution in [0.1, 0.15) is 17.0 Å². The van der Waals surface area contributed by atoms with E-state index in [1.54, 1.807) is 0 Å². The molecule has 1 aliphatic heterocycles. The quantitative estimate of drug-likeness (QED) is 0.783. The second-order valence-electron chi connectivity index (χ2n) is 6.14. The Morgan fingerprint density at radius 3 is 2.56 bits per heavy atom. The van der Waals surface area contributed by atoms with Crippen LogP contribution in [0.4, 0.5) is 0 Å². The van der Waals surface area contributed by atoms with E-state index in [4.69, 9.17) is 9.47 Å². The van der Waals surface area contributed by atoms with Gasteiger partial charge < -0.3 is 14.6 Å². The van der Waals surface area contributed by atoms with Crippen LogP contribution in [0.3, 0.4) is 0 Å². The summed E-state index contributed by atoms with van der Waals surface area (Å²) < 4.78 is 11.1. The van der Waals surface area contributed by atoms with Crippen LogP contribution in [0.2, 0.25) is 0 Å². The second-order valence-corrected chi connectivity index (χ2v) is 6.14. The number of hydrogen-bond donors (Lipinski definition) is 1. The van der Waals surface area contributed by atoms with E-state index in [-0.39, 0.29) is 0 Å². The van der Waals surface area contributed by atoms with Gasteiger partial charge in [-0.1, -0.05) is 48.5 Å². The van der Waals surface area contributed by atoms with Crippen molar-refractivity contribution in [3.05, 3.63) is 71.8 Å². The molecular formula is C21H18O4. The first-order chi connectivity index (χ1) is 12.2. The fourth-order valence-corrected chi connectivity index (χ4v) is 3.34. The molecule has 1 aliphatic rings. The molecule has 0 bridgehead atoms. The first-order valence-electron chi connectivity index (χ1n) is 8.31. The predicted octanol–water partition coefficient (Wildman–Crippen LogP) is 4.02. The largest absolute Gasteiger partial charge is 0.486 e. The normalized spacial score (nSPS) is 14.2. The lowest BCUT2D eigenvalue weighted by Crippen LogP contribution is -2.17. The van der Waals surface area contributed by atoms with Crippen LogP contribution in [-0.2, 0) is 11.2 Å². The van der Waals surface area contributed by atoms with Crippen LogP contribution in [0.5, 0.6) is 11.5 Å². The van der Waals surface area contributed by atoms with Crippen LogP contribution in [-0.4, -0.2) is 24.3 Å². The Balaban J connectivity index is 1.71. The van der Waals surface area contributed by atoms with Gasteiger partial charge in [0, 0.05) is 0 Å². The van der Waals surface area contributed by atoms with Crippen molar-refractivity contribution >= 4 is 16.7 Å². The van der Waals surface area contributed by atoms with Crippen LogP contribution in [0.25, 0.3) is 10.8 Å². The van der Waals surface area contributed by atoms with E-state index in [0.29, 0.717) is 31.1 Å². The first kappa shape index (κ1) is 15.5. The van der Waals surface area contributed by atoms with Crippen LogP contribution < -0.4 is 9.47 Å². The molecule has 0 saturated carbocycles. The molecule has 0 amide bonds. The highest BCUT2D eigenvalue weighted by atomic mass is 16.6. The van der Waals surface area contributed by atoms with Crippen molar-refractivity contribution in [1.29, 1.82) is 0 Å². The molecule has 4 nitrogen and oxygen atoms in total. The molecule has 1 heterocycles. The summed E-state index contributed by atoms with van der Waals surface area (Å²) >= 11 is 0. The number of ether oxygens (including phenoxy) is 2. The van der Waals surface area contributed by atoms with Crippen molar-refractivity contribution in [2.45, 2.75) is 12.3 Å². The molecule has 0 spiro atoms. The molecule has 25 heavy (non-hydrogen) atoms. The average molecular weight is 334 g/mol. The zero-order valence-electron chi connectivity index (χ0n) is 13.6. The molecule has 1 atom stereocenters. The Morgan fingerprint density at radius 1 is 0.960 bits per heavy atom. The summed E-state index contributed by atoms with van der Waals surface area (Å²) in [6, 6.07) is 19.3. The standard InChI is InChI=1S/C21H18O4/c22-21(23)18(17-7-3-5-15-4-1-2-6-16(15)17)12-14-8-9-19-20(13-14)25-11-10-24-19/h1-9,13,18H,10-12H2,(H,22,23). The van der Waals surface area contributed by atoms with Crippen LogP contribution in [0.15, 0.2) is 60.7 Å². The third-order valence-corrected chi connectivity index (χ3v) is 4.54. The highest BCUT2D eigenvalue weighted by Crippen LogP contribution is 2.34. The van der Waals surface area contributed by atoms with Crippen molar-refractivity contribution in [3.8, 4) is 11.5 Å². The minimum atomic E-state index is -0.828. The number of rotatable bonds is 4. The van der Waals surface area contributed by atoms with Gasteiger partial charge in [-0.15, -0.1) is 0 Å². The lowest BCUT2D eigenvalue weighted by molar-refractivity contribution is -0.138. The fraction of sp³-hybridized carbons (Fsp3) is 0.190. The smallest absolute Gasteiger partial charge is 0.311 e. The molecule has 4 rings (SSSR count). The number of carboxylic acid groups (broad SMARTS) is 1. The van der Waals surface area contributed by atoms with Gasteiger partial charge in [0.05, 0.1) is 5.92 Å². The Bertz CT molecular complexity index is 927. The molecule has 1 N–H and O–H groups in total. The number of fused-ring (bicyclic) bond motifs is 2. The topological polar surface area (TPSA) is 55.8 Å². The third kappa shape index (κ3) is 3.03. The number of hydrogen-bond acceptors (Lipinski definition) is 3. The molecule has 3 aromatic carbocycles. The summed E-state index contributed by atoms with van der Waals surface area (Å²) in [5.74, 6) is -0.0438. The van der Waals surface area contributed by atoms with Crippen LogP contribution in [0, 0.1) is 0 Å². The third-order valence-electron chi connectivity index (χ3n) is 4.54. The lowest BCUT2D eigenvalue weighted by Gasteiger charge is -2.20. The van der Waals surface area contributed by atoms with Gasteiger partial charge >= 0.3 is 5.97 Å². The first-order valence-corrected chi connectivity index (χ1v) is 8.31. The summed E-state index contributed by atoms with van der Waals surface area (Å²) in [5, 5.41) is 11.9. The van der Waals surface area contributed by atoms with E-state index in [1.807, 2.05) is 60.7 Å². The van der Waals surface area contributed by atoms with E-state index in [9.17, 15) is 9.90 Å². The Morgan fingerprint density at radius 2 is 1.72 bits per heavy atom. The highest BCUT2D eigenvalue weighted by Gasteiger charge is 2.23. The SMILES string of the molecule is O=C(O)C(Cc1ccc2c(c1)OCCO2)c1cccc2ccccc12. The molecule has 0 fully saturated rings. The van der Waals surface area contributed by atoms with Crippen molar-refractivity contribution in [3.63, 3.8) is 0 Å². The molecule has 0 aromatic heterocycles. The molecule has 3 aromatic rings. The summed E-state index contributed by atoms with van der Waals surface area (Å²) in [5.41, 5.74) is 1.75. The Hall–Kier alpha value is -3.01. The lowest BCUT2D eigenvalue weighted by atomic mass is 9.88. The van der Waals surface area contributed by atoms with Crippen molar-refractivity contribution < 1.29 is 19.4 Å². The molecule has 0 saturated heterocycles. The summed E-state index contributed by atoms with van der Waals surface area (Å²) in [6.07, 6.45) is 0.403. The van der Waals surface area contributed by atoms with E-state index >= 15 is 0 Å². The van der Waals surface area contributed by atoms with Gasteiger partial charge in [-0.25, -0.2) is 0 Å². The Labute approximate surface area is 145 Å². The van der Waals surface area contributed by atoms with Crippen molar-refractivity contribution in [1.82, 2.24) is 0 Å². The average Bonchev–Trinajstić information content (AvgIpc) is 2.65. The minimum Gasteiger partial charge on any atom is -0.486 e. The molecule has 0 aliphatic carbocycles. The van der Waals surface area contributed by atoms with Crippen molar-refractivity contribution in [2.24, 2.45) is 0 Å². The number of aliphatic carboxylic acids is 1. The molecule has 126 valence electrons. The van der Waals surface area contributed by atoms with Gasteiger partial charge in [-0.05, 0) is 40.5 Å². The zero-order valence-corrected chi connectivity index (χ0v) is 13.6. The van der Waals surface area contributed by atoms with E-state index in [0.717, 1.165) is 21.9 Å². The molecule has 0 radical (unpaired) electrons. The predicted molar refractivity (Wildman–Crippen MR) is 95.5 cm³/mol. The van der Waals surface area contributed by atoms with Gasteiger partial charge in [0.25, 0.3) is 0 Å². The zero-order chi connectivity index (χ0) is 17.2. The van der Waals surface area contributed by atoms with Gasteiger partial charge in [0.2, 0.25) is 0 Å². The molecular weight excluding hydrogens is 316 g/mol. The minimum absolute atomic E-state index is 0.403. The van der Waals surface area contributed by atoms with Gasteiger partial charge in [0.15, 0.2) is 11.5 Å². The van der Waals surface area contributed by atoms with Gasteiger partial charge in [0.1, 0.15) is 13.2 Å². The Kier molecular flexibility index (Phi) is 4.02. The van der Waals surface area contributed by atoms with E-state index in [1.165, 1.54) is 0 Å². The maximum atomic E-state index is 12.0. The van der Waals surface area contributed by atoms with Crippen LogP contribution >= 0.6 is 0 Å². The van der Waals surface area contributed by atoms with E-state index < -0.39 is 11.9 Å².